The molecule has 2 fully saturated rings. The summed E-state index contributed by atoms with van der Waals surface area (Å²) in [6, 6.07) is 0.584. The Morgan fingerprint density at radius 1 is 0.765 bits per heavy atom. The first-order chi connectivity index (χ1) is 8.38. The highest BCUT2D eigenvalue weighted by molar-refractivity contribution is 4.77. The fraction of sp³-hybridized carbons (Fsp3) is 1.00. The molecule has 0 aromatic carbocycles. The Morgan fingerprint density at radius 2 is 1.18 bits per heavy atom. The normalized spacial score (nSPS) is 25.9. The van der Waals surface area contributed by atoms with Crippen LogP contribution in [0.5, 0.6) is 0 Å². The maximum atomic E-state index is 5.76. The first-order valence-electron chi connectivity index (χ1n) is 7.84. The molecule has 2 rings (SSSR count). The summed E-state index contributed by atoms with van der Waals surface area (Å²) in [5, 5.41) is 0. The average Bonchev–Trinajstić information content (AvgIpc) is 2.71. The predicted molar refractivity (Wildman–Crippen MR) is 73.5 cm³/mol. The second kappa shape index (κ2) is 7.38. The van der Waals surface area contributed by atoms with Crippen LogP contribution in [0.15, 0.2) is 0 Å². The monoisotopic (exact) mass is 238 g/mol. The van der Waals surface area contributed by atoms with E-state index in [1.54, 1.807) is 0 Å². The zero-order chi connectivity index (χ0) is 11.9. The van der Waals surface area contributed by atoms with E-state index in [9.17, 15) is 0 Å². The molecule has 0 heterocycles. The van der Waals surface area contributed by atoms with Gasteiger partial charge in [0.1, 0.15) is 0 Å². The smallest absolute Gasteiger partial charge is 0.0215 e. The van der Waals surface area contributed by atoms with Crippen molar-refractivity contribution in [1.82, 2.24) is 5.43 Å². The topological polar surface area (TPSA) is 38.0 Å². The lowest BCUT2D eigenvalue weighted by molar-refractivity contribution is 0.307. The van der Waals surface area contributed by atoms with E-state index in [-0.39, 0.29) is 0 Å². The van der Waals surface area contributed by atoms with Gasteiger partial charge in [-0.25, -0.2) is 0 Å². The van der Waals surface area contributed by atoms with E-state index in [0.29, 0.717) is 6.04 Å². The lowest BCUT2D eigenvalue weighted by Gasteiger charge is -2.24. The highest BCUT2D eigenvalue weighted by Crippen LogP contribution is 2.32. The van der Waals surface area contributed by atoms with Crippen LogP contribution in [-0.4, -0.2) is 6.04 Å². The van der Waals surface area contributed by atoms with Crippen LogP contribution in [0.4, 0.5) is 0 Å². The van der Waals surface area contributed by atoms with Gasteiger partial charge in [-0.2, -0.15) is 0 Å². The van der Waals surface area contributed by atoms with Crippen LogP contribution in [0.1, 0.15) is 77.0 Å². The van der Waals surface area contributed by atoms with Crippen LogP contribution < -0.4 is 11.3 Å². The van der Waals surface area contributed by atoms with Crippen LogP contribution >= 0.6 is 0 Å². The summed E-state index contributed by atoms with van der Waals surface area (Å²) < 4.78 is 0. The van der Waals surface area contributed by atoms with Gasteiger partial charge >= 0.3 is 0 Å². The van der Waals surface area contributed by atoms with E-state index < -0.39 is 0 Å². The molecule has 100 valence electrons. The second-order valence-corrected chi connectivity index (χ2v) is 6.34. The molecule has 0 saturated heterocycles. The van der Waals surface area contributed by atoms with Gasteiger partial charge < -0.3 is 0 Å². The number of hydrogen-bond acceptors (Lipinski definition) is 2. The fourth-order valence-corrected chi connectivity index (χ4v) is 3.88. The molecule has 0 aromatic rings. The molecular weight excluding hydrogens is 208 g/mol. The van der Waals surface area contributed by atoms with Crippen LogP contribution in [0, 0.1) is 11.8 Å². The number of hydrazine groups is 1. The molecule has 0 aromatic heterocycles. The molecule has 1 atom stereocenters. The van der Waals surface area contributed by atoms with Crippen LogP contribution in [-0.2, 0) is 0 Å². The standard InChI is InChI=1S/C15H30N2/c16-17-15(12-14-9-5-6-10-14)11-13-7-3-1-2-4-8-13/h13-15,17H,1-12,16H2. The summed E-state index contributed by atoms with van der Waals surface area (Å²) in [5.41, 5.74) is 3.10. The van der Waals surface area contributed by atoms with Gasteiger partial charge in [0.15, 0.2) is 0 Å². The molecule has 0 bridgehead atoms. The minimum absolute atomic E-state index is 0.584. The van der Waals surface area contributed by atoms with Gasteiger partial charge in [0, 0.05) is 6.04 Å². The van der Waals surface area contributed by atoms with Gasteiger partial charge in [0.25, 0.3) is 0 Å². The Hall–Kier alpha value is -0.0800. The molecule has 0 aliphatic heterocycles. The molecule has 2 aliphatic carbocycles. The van der Waals surface area contributed by atoms with Crippen molar-refractivity contribution < 1.29 is 0 Å². The van der Waals surface area contributed by atoms with Gasteiger partial charge in [-0.15, -0.1) is 0 Å². The predicted octanol–water partition coefficient (Wildman–Crippen LogP) is 3.76. The summed E-state index contributed by atoms with van der Waals surface area (Å²) >= 11 is 0. The molecule has 1 unspecified atom stereocenters. The maximum Gasteiger partial charge on any atom is 0.0215 e. The number of nitrogens with one attached hydrogen (secondary N) is 1. The maximum absolute atomic E-state index is 5.76. The summed E-state index contributed by atoms with van der Waals surface area (Å²) in [6.45, 7) is 0. The Morgan fingerprint density at radius 3 is 1.59 bits per heavy atom. The van der Waals surface area contributed by atoms with E-state index in [1.165, 1.54) is 77.0 Å². The Balaban J connectivity index is 1.72. The van der Waals surface area contributed by atoms with Crippen molar-refractivity contribution in [2.24, 2.45) is 17.7 Å². The highest BCUT2D eigenvalue weighted by Gasteiger charge is 2.22. The average molecular weight is 238 g/mol. The summed E-state index contributed by atoms with van der Waals surface area (Å²) in [7, 11) is 0. The number of rotatable bonds is 5. The molecule has 0 amide bonds. The first kappa shape index (κ1) is 13.4. The molecule has 0 spiro atoms. The zero-order valence-corrected chi connectivity index (χ0v) is 11.3. The summed E-state index contributed by atoms with van der Waals surface area (Å²) in [5.74, 6) is 7.66. The minimum atomic E-state index is 0.584. The molecule has 2 nitrogen and oxygen atoms in total. The van der Waals surface area contributed by atoms with Gasteiger partial charge in [-0.3, -0.25) is 11.3 Å². The van der Waals surface area contributed by atoms with E-state index in [4.69, 9.17) is 5.84 Å². The molecule has 2 saturated carbocycles. The van der Waals surface area contributed by atoms with E-state index in [1.807, 2.05) is 0 Å². The van der Waals surface area contributed by atoms with Crippen molar-refractivity contribution in [3.05, 3.63) is 0 Å². The minimum Gasteiger partial charge on any atom is -0.271 e. The van der Waals surface area contributed by atoms with E-state index >= 15 is 0 Å². The van der Waals surface area contributed by atoms with Gasteiger partial charge in [-0.05, 0) is 24.7 Å². The third-order valence-corrected chi connectivity index (χ3v) is 4.92. The van der Waals surface area contributed by atoms with Crippen molar-refractivity contribution in [2.45, 2.75) is 83.1 Å². The van der Waals surface area contributed by atoms with Crippen LogP contribution in [0.2, 0.25) is 0 Å². The SMILES string of the molecule is NNC(CC1CCCCCC1)CC1CCCC1. The summed E-state index contributed by atoms with van der Waals surface area (Å²) in [4.78, 5) is 0. The van der Waals surface area contributed by atoms with Gasteiger partial charge in [0.2, 0.25) is 0 Å². The summed E-state index contributed by atoms with van der Waals surface area (Å²) in [6.07, 6.45) is 17.2. The third kappa shape index (κ3) is 4.59. The lowest BCUT2D eigenvalue weighted by Crippen LogP contribution is -2.37. The van der Waals surface area contributed by atoms with Crippen LogP contribution in [0.3, 0.4) is 0 Å². The fourth-order valence-electron chi connectivity index (χ4n) is 3.88. The second-order valence-electron chi connectivity index (χ2n) is 6.34. The van der Waals surface area contributed by atoms with Gasteiger partial charge in [-0.1, -0.05) is 64.2 Å². The quantitative estimate of drug-likeness (QED) is 0.435. The molecule has 3 N–H and O–H groups in total. The lowest BCUT2D eigenvalue weighted by atomic mass is 9.88. The van der Waals surface area contributed by atoms with Gasteiger partial charge in [0.05, 0.1) is 0 Å². The largest absolute Gasteiger partial charge is 0.271 e. The van der Waals surface area contributed by atoms with E-state index in [0.717, 1.165) is 11.8 Å². The Kier molecular flexibility index (Phi) is 5.79. The zero-order valence-electron chi connectivity index (χ0n) is 11.3. The van der Waals surface area contributed by atoms with Crippen molar-refractivity contribution in [2.75, 3.05) is 0 Å². The molecule has 2 heteroatoms. The van der Waals surface area contributed by atoms with Crippen molar-refractivity contribution in [1.29, 1.82) is 0 Å². The Bertz CT molecular complexity index is 191. The third-order valence-electron chi connectivity index (χ3n) is 4.92. The first-order valence-corrected chi connectivity index (χ1v) is 7.84. The molecule has 2 aliphatic rings. The number of hydrogen-bond donors (Lipinski definition) is 2. The van der Waals surface area contributed by atoms with Crippen molar-refractivity contribution in [3.63, 3.8) is 0 Å². The highest BCUT2D eigenvalue weighted by atomic mass is 15.2. The molecular formula is C15H30N2. The Labute approximate surface area is 107 Å². The van der Waals surface area contributed by atoms with E-state index in [2.05, 4.69) is 5.43 Å². The molecule has 17 heavy (non-hydrogen) atoms. The van der Waals surface area contributed by atoms with Crippen molar-refractivity contribution >= 4 is 0 Å². The van der Waals surface area contributed by atoms with Crippen LogP contribution in [0.25, 0.3) is 0 Å². The van der Waals surface area contributed by atoms with Crippen molar-refractivity contribution in [3.8, 4) is 0 Å². The number of nitrogens with two attached hydrogens (primary N) is 1. The molecule has 0 radical (unpaired) electrons.